The summed E-state index contributed by atoms with van der Waals surface area (Å²) in [6.45, 7) is 0.195. The Hall–Kier alpha value is -1.03. The summed E-state index contributed by atoms with van der Waals surface area (Å²) < 4.78 is 0. The number of hydroxylamine groups is 2. The summed E-state index contributed by atoms with van der Waals surface area (Å²) in [6.07, 6.45) is 0.205. The third-order valence-corrected chi connectivity index (χ3v) is 2.61. The van der Waals surface area contributed by atoms with Gasteiger partial charge in [0.25, 0.3) is 5.91 Å². The van der Waals surface area contributed by atoms with E-state index in [1.165, 1.54) is 0 Å². The Morgan fingerprint density at radius 2 is 1.68 bits per heavy atom. The standard InChI is InChI=1S/C15H14NO2.Y/c17-15(11-13-7-3-1-4-8-13)16(18)12-14-9-5-2-6-10-14;/h1,3-10,18H,11-12H2;/q-1;. The monoisotopic (exact) mass is 329 g/mol. The number of carbonyl (C=O) groups excluding carboxylic acids is 1. The predicted octanol–water partition coefficient (Wildman–Crippen LogP) is 2.44. The zero-order valence-electron chi connectivity index (χ0n) is 10.5. The van der Waals surface area contributed by atoms with Crippen LogP contribution >= 0.6 is 0 Å². The molecule has 0 saturated carbocycles. The van der Waals surface area contributed by atoms with Crippen LogP contribution in [0, 0.1) is 6.07 Å². The maximum Gasteiger partial charge on any atom is 0.250 e. The average molecular weight is 329 g/mol. The molecule has 3 nitrogen and oxygen atoms in total. The van der Waals surface area contributed by atoms with Gasteiger partial charge in [-0.25, -0.2) is 5.06 Å². The summed E-state index contributed by atoms with van der Waals surface area (Å²) in [5.74, 6) is -0.311. The minimum Gasteiger partial charge on any atom is -0.286 e. The van der Waals surface area contributed by atoms with Crippen LogP contribution in [-0.4, -0.2) is 16.2 Å². The summed E-state index contributed by atoms with van der Waals surface area (Å²) in [5.41, 5.74) is 1.76. The van der Waals surface area contributed by atoms with E-state index in [2.05, 4.69) is 6.07 Å². The van der Waals surface area contributed by atoms with Crippen LogP contribution in [0.3, 0.4) is 0 Å². The van der Waals surface area contributed by atoms with Gasteiger partial charge in [-0.3, -0.25) is 10.0 Å². The van der Waals surface area contributed by atoms with E-state index >= 15 is 0 Å². The molecule has 4 heteroatoms. The van der Waals surface area contributed by atoms with Gasteiger partial charge in [-0.05, 0) is 5.56 Å². The molecule has 1 N–H and O–H groups in total. The van der Waals surface area contributed by atoms with E-state index < -0.39 is 0 Å². The summed E-state index contributed by atoms with van der Waals surface area (Å²) >= 11 is 0. The molecule has 19 heavy (non-hydrogen) atoms. The molecule has 1 radical (unpaired) electrons. The normalized spacial score (nSPS) is 9.53. The molecule has 2 aromatic carbocycles. The Labute approximate surface area is 138 Å². The quantitative estimate of drug-likeness (QED) is 0.532. The van der Waals surface area contributed by atoms with Gasteiger partial charge in [0, 0.05) is 32.7 Å². The fourth-order valence-electron chi connectivity index (χ4n) is 1.65. The summed E-state index contributed by atoms with van der Waals surface area (Å²) in [6, 6.07) is 19.4. The van der Waals surface area contributed by atoms with Crippen molar-refractivity contribution in [3.63, 3.8) is 0 Å². The van der Waals surface area contributed by atoms with Crippen molar-refractivity contribution in [1.82, 2.24) is 5.06 Å². The van der Waals surface area contributed by atoms with Crippen molar-refractivity contribution < 1.29 is 42.7 Å². The minimum atomic E-state index is -0.311. The predicted molar refractivity (Wildman–Crippen MR) is 67.8 cm³/mol. The van der Waals surface area contributed by atoms with Gasteiger partial charge in [-0.15, -0.1) is 5.56 Å². The smallest absolute Gasteiger partial charge is 0.250 e. The van der Waals surface area contributed by atoms with E-state index in [4.69, 9.17) is 0 Å². The van der Waals surface area contributed by atoms with Crippen LogP contribution in [0.1, 0.15) is 11.1 Å². The number of nitrogens with zero attached hydrogens (tertiary/aromatic N) is 1. The first-order valence-electron chi connectivity index (χ1n) is 5.74. The van der Waals surface area contributed by atoms with Gasteiger partial charge in [0.2, 0.25) is 0 Å². The molecule has 0 fully saturated rings. The summed E-state index contributed by atoms with van der Waals surface area (Å²) in [7, 11) is 0. The molecule has 0 unspecified atom stereocenters. The van der Waals surface area contributed by atoms with Crippen molar-refractivity contribution in [1.29, 1.82) is 0 Å². The van der Waals surface area contributed by atoms with Crippen molar-refractivity contribution in [3.8, 4) is 0 Å². The van der Waals surface area contributed by atoms with Crippen molar-refractivity contribution in [2.75, 3.05) is 0 Å². The van der Waals surface area contributed by atoms with Crippen LogP contribution in [-0.2, 0) is 50.5 Å². The van der Waals surface area contributed by atoms with E-state index in [-0.39, 0.29) is 51.6 Å². The Morgan fingerprint density at radius 1 is 1.05 bits per heavy atom. The second-order valence-corrected chi connectivity index (χ2v) is 4.02. The van der Waals surface area contributed by atoms with Gasteiger partial charge < -0.3 is 0 Å². The second kappa shape index (κ2) is 8.21. The Balaban J connectivity index is 0.00000180. The number of amides is 1. The van der Waals surface area contributed by atoms with Crippen LogP contribution in [0.25, 0.3) is 0 Å². The molecule has 95 valence electrons. The second-order valence-electron chi connectivity index (χ2n) is 4.02. The topological polar surface area (TPSA) is 40.5 Å². The first kappa shape index (κ1) is 16.0. The van der Waals surface area contributed by atoms with E-state index in [1.54, 1.807) is 12.1 Å². The third-order valence-electron chi connectivity index (χ3n) is 2.61. The number of benzene rings is 2. The van der Waals surface area contributed by atoms with Crippen LogP contribution in [0.5, 0.6) is 0 Å². The molecule has 0 aromatic heterocycles. The van der Waals surface area contributed by atoms with E-state index in [9.17, 15) is 10.0 Å². The number of hydrogen-bond donors (Lipinski definition) is 1. The first-order valence-corrected chi connectivity index (χ1v) is 5.74. The van der Waals surface area contributed by atoms with Crippen LogP contribution in [0.15, 0.2) is 54.6 Å². The van der Waals surface area contributed by atoms with E-state index in [1.807, 2.05) is 42.5 Å². The molecule has 2 rings (SSSR count). The molecule has 0 saturated heterocycles. The molecule has 0 bridgehead atoms. The molecular weight excluding hydrogens is 315 g/mol. The largest absolute Gasteiger partial charge is 0.286 e. The van der Waals surface area contributed by atoms with Crippen molar-refractivity contribution >= 4 is 5.91 Å². The fraction of sp³-hybridized carbons (Fsp3) is 0.133. The van der Waals surface area contributed by atoms with E-state index in [0.717, 1.165) is 16.2 Å². The van der Waals surface area contributed by atoms with Crippen LogP contribution in [0.4, 0.5) is 0 Å². The SMILES string of the molecule is O=C(Cc1ccccc1)N(O)Cc1cc[c-]cc1.[Y]. The maximum atomic E-state index is 11.8. The number of carbonyl (C=O) groups is 1. The summed E-state index contributed by atoms with van der Waals surface area (Å²) in [4.78, 5) is 11.8. The first-order chi connectivity index (χ1) is 8.75. The zero-order valence-corrected chi connectivity index (χ0v) is 13.3. The molecule has 0 atom stereocenters. The molecule has 0 aliphatic heterocycles. The Bertz CT molecular complexity index is 502. The maximum absolute atomic E-state index is 11.8. The molecule has 0 aliphatic rings. The molecule has 0 spiro atoms. The van der Waals surface area contributed by atoms with Crippen molar-refractivity contribution in [2.45, 2.75) is 13.0 Å². The molecule has 2 aromatic rings. The third kappa shape index (κ3) is 5.23. The van der Waals surface area contributed by atoms with E-state index in [0.29, 0.717) is 0 Å². The van der Waals surface area contributed by atoms with Crippen LogP contribution in [0.2, 0.25) is 0 Å². The Morgan fingerprint density at radius 3 is 2.32 bits per heavy atom. The average Bonchev–Trinajstić information content (AvgIpc) is 2.41. The molecule has 0 heterocycles. The summed E-state index contributed by atoms with van der Waals surface area (Å²) in [5, 5.41) is 10.5. The van der Waals surface area contributed by atoms with Gasteiger partial charge in [-0.1, -0.05) is 30.3 Å². The van der Waals surface area contributed by atoms with Gasteiger partial charge in [0.1, 0.15) is 0 Å². The van der Waals surface area contributed by atoms with Gasteiger partial charge in [0.15, 0.2) is 0 Å². The number of hydrogen-bond acceptors (Lipinski definition) is 2. The van der Waals surface area contributed by atoms with Crippen molar-refractivity contribution in [3.05, 3.63) is 71.8 Å². The van der Waals surface area contributed by atoms with Crippen LogP contribution < -0.4 is 0 Å². The minimum absolute atomic E-state index is 0. The zero-order chi connectivity index (χ0) is 12.8. The van der Waals surface area contributed by atoms with Gasteiger partial charge in [0.05, 0.1) is 13.0 Å². The van der Waals surface area contributed by atoms with Gasteiger partial charge in [-0.2, -0.15) is 30.3 Å². The molecular formula is C15H14NO2Y-. The number of rotatable bonds is 4. The molecule has 1 amide bonds. The van der Waals surface area contributed by atoms with Crippen molar-refractivity contribution in [2.24, 2.45) is 0 Å². The Kier molecular flexibility index (Phi) is 6.92. The fourth-order valence-corrected chi connectivity index (χ4v) is 1.65. The van der Waals surface area contributed by atoms with Gasteiger partial charge >= 0.3 is 0 Å². The molecule has 0 aliphatic carbocycles.